The standard InChI is InChI=1S/6Ca.4H3O4P.H2O.12H/c;;;;;;4*1-5(2,3)4;;;;;;;;;;;;;/h;;;;;;4*(H3,1,2,3,4);1H2;;;;;;;;;;;;. The Bertz CT molecular complexity index is 300. The minimum atomic E-state index is -4.64. The van der Waals surface area contributed by atoms with Crippen LogP contribution in [0.25, 0.3) is 0 Å². The van der Waals surface area contributed by atoms with Gasteiger partial charge in [-0.15, -0.1) is 0 Å². The van der Waals surface area contributed by atoms with Gasteiger partial charge in [-0.2, -0.15) is 0 Å². The van der Waals surface area contributed by atoms with Gasteiger partial charge >= 0.3 is 258 Å². The van der Waals surface area contributed by atoms with E-state index in [1.807, 2.05) is 0 Å². The summed E-state index contributed by atoms with van der Waals surface area (Å²) in [5.41, 5.74) is 0. The van der Waals surface area contributed by atoms with Crippen LogP contribution in [0.5, 0.6) is 0 Å². The van der Waals surface area contributed by atoms with Crippen molar-refractivity contribution in [3.05, 3.63) is 0 Å². The molecular weight excluding hydrogens is 636 g/mol. The molecule has 0 bridgehead atoms. The third-order valence-corrected chi connectivity index (χ3v) is 0. The fraction of sp³-hybridized carbons (Fsp3) is 0. The van der Waals surface area contributed by atoms with Gasteiger partial charge in [-0.1, -0.05) is 0 Å². The second kappa shape index (κ2) is 36.1. The summed E-state index contributed by atoms with van der Waals surface area (Å²) in [6, 6.07) is 0. The minimum absolute atomic E-state index is 0. The molecule has 0 aliphatic rings. The molecule has 0 rings (SSSR count). The van der Waals surface area contributed by atoms with Crippen molar-refractivity contribution in [3.63, 3.8) is 0 Å². The van der Waals surface area contributed by atoms with Crippen LogP contribution in [0.2, 0.25) is 0 Å². The quantitative estimate of drug-likeness (QED) is 0.0846. The number of hydrogen-bond donors (Lipinski definition) is 12. The molecule has 0 unspecified atom stereocenters. The summed E-state index contributed by atoms with van der Waals surface area (Å²) in [5, 5.41) is 0. The molecular formula is H26Ca6O17P4. The van der Waals surface area contributed by atoms with Gasteiger partial charge in [0.05, 0.1) is 0 Å². The monoisotopic (exact) mass is 662 g/mol. The van der Waals surface area contributed by atoms with E-state index in [-0.39, 0.29) is 232 Å². The van der Waals surface area contributed by atoms with Crippen LogP contribution < -0.4 is 0 Å². The number of phosphoric acid groups is 4. The molecule has 0 aromatic heterocycles. The molecule has 0 amide bonds. The van der Waals surface area contributed by atoms with Gasteiger partial charge < -0.3 is 64.2 Å². The third-order valence-electron chi connectivity index (χ3n) is 0. The summed E-state index contributed by atoms with van der Waals surface area (Å²) in [6.07, 6.45) is 0. The average molecular weight is 663 g/mol. The van der Waals surface area contributed by atoms with Crippen molar-refractivity contribution < 1.29 is 82.5 Å². The van der Waals surface area contributed by atoms with E-state index in [4.69, 9.17) is 77.0 Å². The van der Waals surface area contributed by atoms with Crippen LogP contribution in [-0.4, -0.2) is 291 Å². The van der Waals surface area contributed by atoms with Crippen LogP contribution >= 0.6 is 31.3 Å². The molecule has 0 saturated heterocycles. The summed E-state index contributed by atoms with van der Waals surface area (Å²) in [4.78, 5) is 86.2. The Morgan fingerprint density at radius 3 is 0.296 bits per heavy atom. The summed E-state index contributed by atoms with van der Waals surface area (Å²) in [6.45, 7) is 0. The third kappa shape index (κ3) is 548. The maximum absolute atomic E-state index is 8.88. The molecule has 0 radical (unpaired) electrons. The Labute approximate surface area is 331 Å². The van der Waals surface area contributed by atoms with E-state index in [1.54, 1.807) is 0 Å². The van der Waals surface area contributed by atoms with Gasteiger partial charge in [0.15, 0.2) is 0 Å². The van der Waals surface area contributed by atoms with Crippen molar-refractivity contribution in [2.24, 2.45) is 0 Å². The Morgan fingerprint density at radius 2 is 0.296 bits per heavy atom. The molecule has 0 fully saturated rings. The molecule has 0 aliphatic carbocycles. The SMILES string of the molecule is O.O=P(O)(O)O.O=P(O)(O)O.O=P(O)(O)O.O=P(O)(O)O.[CaH2].[CaH2].[CaH2].[CaH2].[CaH2].[CaH2]. The molecule has 27 heavy (non-hydrogen) atoms. The van der Waals surface area contributed by atoms with Gasteiger partial charge in [-0.3, -0.25) is 0 Å². The molecule has 0 heterocycles. The van der Waals surface area contributed by atoms with Crippen molar-refractivity contribution >= 4 is 258 Å². The summed E-state index contributed by atoms with van der Waals surface area (Å²) in [5.74, 6) is 0. The predicted octanol–water partition coefficient (Wildman–Crippen LogP) is -10.0. The van der Waals surface area contributed by atoms with Crippen molar-refractivity contribution in [2.75, 3.05) is 0 Å². The Balaban J connectivity index is -0.0000000129. The van der Waals surface area contributed by atoms with Crippen molar-refractivity contribution in [1.29, 1.82) is 0 Å². The first-order chi connectivity index (χ1) is 8.00. The van der Waals surface area contributed by atoms with Crippen LogP contribution in [0.1, 0.15) is 0 Å². The van der Waals surface area contributed by atoms with Crippen LogP contribution in [0.4, 0.5) is 0 Å². The molecule has 160 valence electrons. The van der Waals surface area contributed by atoms with Crippen LogP contribution in [-0.2, 0) is 18.3 Å². The van der Waals surface area contributed by atoms with E-state index in [9.17, 15) is 0 Å². The van der Waals surface area contributed by atoms with Crippen molar-refractivity contribution in [2.45, 2.75) is 0 Å². The zero-order valence-corrected chi connectivity index (χ0v) is 12.9. The van der Waals surface area contributed by atoms with E-state index in [1.165, 1.54) is 0 Å². The first-order valence-electron chi connectivity index (χ1n) is 3.13. The first kappa shape index (κ1) is 70.2. The van der Waals surface area contributed by atoms with Gasteiger partial charge in [-0.05, 0) is 0 Å². The van der Waals surface area contributed by atoms with Gasteiger partial charge in [0.1, 0.15) is 0 Å². The average Bonchev–Trinajstić information content (AvgIpc) is 1.62. The topological polar surface area (TPSA) is 343 Å². The van der Waals surface area contributed by atoms with Crippen molar-refractivity contribution in [1.82, 2.24) is 0 Å². The zero-order chi connectivity index (χ0) is 18.0. The van der Waals surface area contributed by atoms with E-state index in [0.717, 1.165) is 0 Å². The Kier molecular flexibility index (Phi) is 93.9. The zero-order valence-electron chi connectivity index (χ0n) is 9.29. The first-order valence-corrected chi connectivity index (χ1v) is 9.39. The van der Waals surface area contributed by atoms with Gasteiger partial charge in [0, 0.05) is 0 Å². The number of hydrogen-bond acceptors (Lipinski definition) is 4. The van der Waals surface area contributed by atoms with Gasteiger partial charge in [0.2, 0.25) is 0 Å². The van der Waals surface area contributed by atoms with E-state index >= 15 is 0 Å². The summed E-state index contributed by atoms with van der Waals surface area (Å²) < 4.78 is 35.5. The van der Waals surface area contributed by atoms with E-state index in [2.05, 4.69) is 0 Å². The predicted molar refractivity (Wildman–Crippen MR) is 112 cm³/mol. The van der Waals surface area contributed by atoms with Gasteiger partial charge in [0.25, 0.3) is 0 Å². The van der Waals surface area contributed by atoms with Crippen LogP contribution in [0.15, 0.2) is 0 Å². The van der Waals surface area contributed by atoms with E-state index in [0.29, 0.717) is 0 Å². The van der Waals surface area contributed by atoms with Crippen molar-refractivity contribution in [3.8, 4) is 0 Å². The molecule has 0 spiro atoms. The van der Waals surface area contributed by atoms with Gasteiger partial charge in [-0.25, -0.2) is 18.3 Å². The second-order valence-electron chi connectivity index (χ2n) is 2.05. The Morgan fingerprint density at radius 1 is 0.296 bits per heavy atom. The molecule has 17 nitrogen and oxygen atoms in total. The molecule has 0 atom stereocenters. The maximum atomic E-state index is 8.88. The summed E-state index contributed by atoms with van der Waals surface area (Å²) in [7, 11) is -18.6. The van der Waals surface area contributed by atoms with Crippen LogP contribution in [0, 0.1) is 0 Å². The number of rotatable bonds is 0. The molecule has 0 aliphatic heterocycles. The fourth-order valence-corrected chi connectivity index (χ4v) is 0. The second-order valence-corrected chi connectivity index (χ2v) is 6.16. The summed E-state index contributed by atoms with van der Waals surface area (Å²) >= 11 is 0. The fourth-order valence-electron chi connectivity index (χ4n) is 0. The molecule has 0 aromatic carbocycles. The molecule has 14 N–H and O–H groups in total. The molecule has 27 heteroatoms. The normalized spacial score (nSPS) is 8.74. The van der Waals surface area contributed by atoms with Crippen LogP contribution in [0.3, 0.4) is 0 Å². The van der Waals surface area contributed by atoms with E-state index < -0.39 is 31.3 Å². The molecule has 0 saturated carbocycles. The molecule has 0 aromatic rings. The Hall–Kier alpha value is 7.96.